The van der Waals surface area contributed by atoms with Gasteiger partial charge in [-0.2, -0.15) is 4.98 Å². The predicted molar refractivity (Wildman–Crippen MR) is 77.0 cm³/mol. The van der Waals surface area contributed by atoms with Gasteiger partial charge in [0, 0.05) is 0 Å². The average molecular weight is 289 g/mol. The zero-order chi connectivity index (χ0) is 14.9. The highest BCUT2D eigenvalue weighted by Crippen LogP contribution is 2.36. The van der Waals surface area contributed by atoms with Crippen molar-refractivity contribution in [2.75, 3.05) is 0 Å². The quantitative estimate of drug-likeness (QED) is 0.942. The van der Waals surface area contributed by atoms with E-state index in [4.69, 9.17) is 10.3 Å². The van der Waals surface area contributed by atoms with Crippen molar-refractivity contribution < 1.29 is 8.91 Å². The molecular formula is C16H20FN3O. The van der Waals surface area contributed by atoms with Gasteiger partial charge in [0.1, 0.15) is 5.82 Å². The van der Waals surface area contributed by atoms with E-state index in [1.165, 1.54) is 12.1 Å². The van der Waals surface area contributed by atoms with Gasteiger partial charge in [-0.15, -0.1) is 0 Å². The molecule has 0 radical (unpaired) electrons. The molecule has 112 valence electrons. The number of hydrogen-bond donors (Lipinski definition) is 1. The molecule has 5 heteroatoms. The largest absolute Gasteiger partial charge is 0.339 e. The molecule has 1 aliphatic carbocycles. The Morgan fingerprint density at radius 1 is 1.29 bits per heavy atom. The number of rotatable bonds is 3. The van der Waals surface area contributed by atoms with Crippen LogP contribution in [-0.2, 0) is 12.0 Å². The summed E-state index contributed by atoms with van der Waals surface area (Å²) >= 11 is 0. The minimum atomic E-state index is -0.461. The van der Waals surface area contributed by atoms with E-state index < -0.39 is 5.54 Å². The highest BCUT2D eigenvalue weighted by Gasteiger charge is 2.36. The van der Waals surface area contributed by atoms with E-state index in [0.717, 1.165) is 31.2 Å². The molecule has 3 rings (SSSR count). The Hall–Kier alpha value is -1.75. The van der Waals surface area contributed by atoms with Gasteiger partial charge >= 0.3 is 0 Å². The van der Waals surface area contributed by atoms with Crippen LogP contribution in [0.15, 0.2) is 28.8 Å². The Kier molecular flexibility index (Phi) is 3.76. The second kappa shape index (κ2) is 5.56. The monoisotopic (exact) mass is 289 g/mol. The van der Waals surface area contributed by atoms with Gasteiger partial charge in [-0.05, 0) is 49.3 Å². The summed E-state index contributed by atoms with van der Waals surface area (Å²) in [5, 5.41) is 4.07. The maximum atomic E-state index is 12.9. The van der Waals surface area contributed by atoms with Crippen molar-refractivity contribution in [3.8, 4) is 0 Å². The minimum Gasteiger partial charge on any atom is -0.339 e. The van der Waals surface area contributed by atoms with Crippen molar-refractivity contribution in [3.05, 3.63) is 47.4 Å². The molecule has 0 spiro atoms. The first-order valence-electron chi connectivity index (χ1n) is 7.41. The van der Waals surface area contributed by atoms with E-state index in [1.54, 1.807) is 12.1 Å². The summed E-state index contributed by atoms with van der Waals surface area (Å²) in [6, 6.07) is 6.30. The summed E-state index contributed by atoms with van der Waals surface area (Å²) in [4.78, 5) is 4.45. The lowest BCUT2D eigenvalue weighted by Crippen LogP contribution is -2.41. The Bertz CT molecular complexity index is 600. The number of nitrogens with zero attached hydrogens (tertiary/aromatic N) is 2. The standard InChI is InChI=1S/C16H20FN3O/c1-11-6-8-16(18,9-7-11)15-19-14(21-20-15)10-12-2-4-13(17)5-3-12/h2-5,11H,6-10,18H2,1H3. The van der Waals surface area contributed by atoms with Crippen LogP contribution in [0.4, 0.5) is 4.39 Å². The van der Waals surface area contributed by atoms with Gasteiger partial charge in [0.2, 0.25) is 5.89 Å². The molecule has 0 aliphatic heterocycles. The van der Waals surface area contributed by atoms with Gasteiger partial charge in [-0.1, -0.05) is 24.2 Å². The summed E-state index contributed by atoms with van der Waals surface area (Å²) in [5.74, 6) is 1.60. The van der Waals surface area contributed by atoms with Crippen LogP contribution in [0.3, 0.4) is 0 Å². The number of benzene rings is 1. The molecule has 1 heterocycles. The molecular weight excluding hydrogens is 269 g/mol. The van der Waals surface area contributed by atoms with Crippen LogP contribution < -0.4 is 5.73 Å². The zero-order valence-corrected chi connectivity index (χ0v) is 12.2. The van der Waals surface area contributed by atoms with Gasteiger partial charge < -0.3 is 10.3 Å². The molecule has 1 saturated carbocycles. The first-order chi connectivity index (χ1) is 10.0. The first-order valence-corrected chi connectivity index (χ1v) is 7.41. The van der Waals surface area contributed by atoms with Crippen molar-refractivity contribution in [1.82, 2.24) is 10.1 Å². The summed E-state index contributed by atoms with van der Waals surface area (Å²) < 4.78 is 18.2. The fraction of sp³-hybridized carbons (Fsp3) is 0.500. The SMILES string of the molecule is CC1CCC(N)(c2noc(Cc3ccc(F)cc3)n2)CC1. The molecule has 0 saturated heterocycles. The predicted octanol–water partition coefficient (Wildman–Crippen LogP) is 3.16. The molecule has 21 heavy (non-hydrogen) atoms. The fourth-order valence-electron chi connectivity index (χ4n) is 2.81. The lowest BCUT2D eigenvalue weighted by molar-refractivity contribution is 0.230. The Morgan fingerprint density at radius 2 is 1.95 bits per heavy atom. The van der Waals surface area contributed by atoms with Crippen molar-refractivity contribution in [3.63, 3.8) is 0 Å². The minimum absolute atomic E-state index is 0.248. The van der Waals surface area contributed by atoms with Crippen molar-refractivity contribution in [2.24, 2.45) is 11.7 Å². The highest BCUT2D eigenvalue weighted by atomic mass is 19.1. The molecule has 1 aromatic carbocycles. The van der Waals surface area contributed by atoms with E-state index >= 15 is 0 Å². The molecule has 2 aromatic rings. The van der Waals surface area contributed by atoms with Crippen molar-refractivity contribution >= 4 is 0 Å². The lowest BCUT2D eigenvalue weighted by atomic mass is 9.77. The number of hydrogen-bond acceptors (Lipinski definition) is 4. The number of halogens is 1. The molecule has 1 aliphatic rings. The maximum Gasteiger partial charge on any atom is 0.231 e. The molecule has 0 unspecified atom stereocenters. The molecule has 0 amide bonds. The molecule has 1 fully saturated rings. The summed E-state index contributed by atoms with van der Waals surface area (Å²) in [6.45, 7) is 2.25. The molecule has 2 N–H and O–H groups in total. The van der Waals surface area contributed by atoms with Crippen LogP contribution >= 0.6 is 0 Å². The van der Waals surface area contributed by atoms with Gasteiger partial charge in [-0.3, -0.25) is 0 Å². The maximum absolute atomic E-state index is 12.9. The van der Waals surface area contributed by atoms with E-state index in [9.17, 15) is 4.39 Å². The fourth-order valence-corrected chi connectivity index (χ4v) is 2.81. The zero-order valence-electron chi connectivity index (χ0n) is 12.2. The van der Waals surface area contributed by atoms with Gasteiger partial charge in [-0.25, -0.2) is 4.39 Å². The van der Waals surface area contributed by atoms with Crippen LogP contribution in [0.25, 0.3) is 0 Å². The van der Waals surface area contributed by atoms with Crippen LogP contribution in [0, 0.1) is 11.7 Å². The average Bonchev–Trinajstić information content (AvgIpc) is 2.94. The van der Waals surface area contributed by atoms with Crippen molar-refractivity contribution in [2.45, 2.75) is 44.6 Å². The molecule has 0 atom stereocenters. The summed E-state index contributed by atoms with van der Waals surface area (Å²) in [5.41, 5.74) is 6.91. The molecule has 4 nitrogen and oxygen atoms in total. The van der Waals surface area contributed by atoms with Crippen LogP contribution in [0.2, 0.25) is 0 Å². The second-order valence-corrected chi connectivity index (χ2v) is 6.15. The third kappa shape index (κ3) is 3.13. The summed E-state index contributed by atoms with van der Waals surface area (Å²) in [7, 11) is 0. The molecule has 1 aromatic heterocycles. The van der Waals surface area contributed by atoms with Crippen LogP contribution in [0.1, 0.15) is 49.9 Å². The van der Waals surface area contributed by atoms with Crippen molar-refractivity contribution in [1.29, 1.82) is 0 Å². The Labute approximate surface area is 123 Å². The van der Waals surface area contributed by atoms with E-state index in [0.29, 0.717) is 24.1 Å². The first kappa shape index (κ1) is 14.2. The van der Waals surface area contributed by atoms with Crippen LogP contribution in [0.5, 0.6) is 0 Å². The van der Waals surface area contributed by atoms with E-state index in [2.05, 4.69) is 17.1 Å². The van der Waals surface area contributed by atoms with Gasteiger partial charge in [0.15, 0.2) is 5.82 Å². The number of aromatic nitrogens is 2. The van der Waals surface area contributed by atoms with Crippen LogP contribution in [-0.4, -0.2) is 10.1 Å². The Balaban J connectivity index is 1.72. The Morgan fingerprint density at radius 3 is 2.62 bits per heavy atom. The lowest BCUT2D eigenvalue weighted by Gasteiger charge is -2.33. The third-order valence-electron chi connectivity index (χ3n) is 4.35. The number of nitrogens with two attached hydrogens (primary N) is 1. The normalized spacial score (nSPS) is 26.0. The van der Waals surface area contributed by atoms with E-state index in [-0.39, 0.29) is 5.82 Å². The van der Waals surface area contributed by atoms with E-state index in [1.807, 2.05) is 0 Å². The van der Waals surface area contributed by atoms with Gasteiger partial charge in [0.25, 0.3) is 0 Å². The third-order valence-corrected chi connectivity index (χ3v) is 4.35. The highest BCUT2D eigenvalue weighted by molar-refractivity contribution is 5.19. The topological polar surface area (TPSA) is 64.9 Å². The van der Waals surface area contributed by atoms with Gasteiger partial charge in [0.05, 0.1) is 12.0 Å². The second-order valence-electron chi connectivity index (χ2n) is 6.15. The summed E-state index contributed by atoms with van der Waals surface area (Å²) in [6.07, 6.45) is 4.48. The molecule has 0 bridgehead atoms. The smallest absolute Gasteiger partial charge is 0.231 e.